The Bertz CT molecular complexity index is 1340. The number of ether oxygens (including phenoxy) is 3. The van der Waals surface area contributed by atoms with E-state index >= 15 is 0 Å². The summed E-state index contributed by atoms with van der Waals surface area (Å²) in [6, 6.07) is 20.0. The van der Waals surface area contributed by atoms with Crippen molar-refractivity contribution in [3.63, 3.8) is 0 Å². The average molecular weight is 556 g/mol. The van der Waals surface area contributed by atoms with Gasteiger partial charge >= 0.3 is 0 Å². The number of nitrogens with zero attached hydrogens (tertiary/aromatic N) is 3. The van der Waals surface area contributed by atoms with Gasteiger partial charge in [0.25, 0.3) is 0 Å². The van der Waals surface area contributed by atoms with Gasteiger partial charge in [0.2, 0.25) is 0 Å². The number of aryl methyl sites for hydroxylation is 3. The summed E-state index contributed by atoms with van der Waals surface area (Å²) in [4.78, 5) is 13.2. The molecule has 2 aliphatic heterocycles. The smallest absolute Gasteiger partial charge is 0.147 e. The molecule has 3 heterocycles. The molecule has 0 saturated heterocycles. The Labute approximate surface area is 243 Å². The number of aromatic nitrogens is 1. The fourth-order valence-electron chi connectivity index (χ4n) is 5.25. The van der Waals surface area contributed by atoms with Gasteiger partial charge in [0.1, 0.15) is 36.4 Å². The molecule has 1 aromatic heterocycles. The number of rotatable bonds is 10. The highest BCUT2D eigenvalue weighted by Gasteiger charge is 2.30. The van der Waals surface area contributed by atoms with Crippen LogP contribution in [0.2, 0.25) is 0 Å². The number of hydrogen-bond donors (Lipinski definition) is 0. The predicted octanol–water partition coefficient (Wildman–Crippen LogP) is 6.78. The fourth-order valence-corrected chi connectivity index (χ4v) is 5.25. The molecule has 0 saturated carbocycles. The summed E-state index contributed by atoms with van der Waals surface area (Å²) in [7, 11) is 1.65. The van der Waals surface area contributed by atoms with Crippen molar-refractivity contribution in [3.8, 4) is 11.5 Å². The molecule has 2 aromatic carbocycles. The molecular formula is C34H41N3O4. The summed E-state index contributed by atoms with van der Waals surface area (Å²) in [5, 5.41) is 4.47. The van der Waals surface area contributed by atoms with Crippen molar-refractivity contribution >= 4 is 11.4 Å². The van der Waals surface area contributed by atoms with E-state index in [9.17, 15) is 0 Å². The molecule has 0 fully saturated rings. The molecule has 0 radical (unpaired) electrons. The highest BCUT2D eigenvalue weighted by Crippen LogP contribution is 2.30. The van der Waals surface area contributed by atoms with Crippen molar-refractivity contribution in [1.82, 2.24) is 4.98 Å². The lowest BCUT2D eigenvalue weighted by atomic mass is 10.0. The molecule has 0 unspecified atom stereocenters. The van der Waals surface area contributed by atoms with E-state index in [2.05, 4.69) is 48.2 Å². The highest BCUT2D eigenvalue weighted by molar-refractivity contribution is 5.81. The molecule has 7 heteroatoms. The third kappa shape index (κ3) is 7.47. The number of methoxy groups -OCH3 is 1. The fraction of sp³-hybridized carbons (Fsp3) is 0.412. The van der Waals surface area contributed by atoms with Gasteiger partial charge in [-0.1, -0.05) is 41.6 Å². The molecule has 3 aromatic rings. The molecule has 216 valence electrons. The minimum Gasteiger partial charge on any atom is -0.497 e. The lowest BCUT2D eigenvalue weighted by molar-refractivity contribution is -0.0878. The summed E-state index contributed by atoms with van der Waals surface area (Å²) in [5.74, 6) is 1.52. The third-order valence-corrected chi connectivity index (χ3v) is 7.78. The molecule has 0 spiro atoms. The minimum absolute atomic E-state index is 0.172. The molecule has 0 bridgehead atoms. The lowest BCUT2D eigenvalue weighted by Crippen LogP contribution is -2.39. The van der Waals surface area contributed by atoms with Crippen molar-refractivity contribution in [1.29, 1.82) is 0 Å². The molecule has 2 aliphatic rings. The Kier molecular flexibility index (Phi) is 9.57. The monoisotopic (exact) mass is 555 g/mol. The van der Waals surface area contributed by atoms with Crippen LogP contribution in [0.1, 0.15) is 54.8 Å². The van der Waals surface area contributed by atoms with Gasteiger partial charge in [-0.3, -0.25) is 4.98 Å². The van der Waals surface area contributed by atoms with Crippen molar-refractivity contribution in [2.75, 3.05) is 31.7 Å². The zero-order valence-corrected chi connectivity index (χ0v) is 24.6. The van der Waals surface area contributed by atoms with Crippen LogP contribution in [-0.2, 0) is 16.0 Å². The van der Waals surface area contributed by atoms with Gasteiger partial charge in [0, 0.05) is 25.2 Å². The maximum atomic E-state index is 6.47. The standard InChI is InChI=1S/C34H41N3O4/c1-24-22-31-30(35-26(24)3)12-8-9-20-37(31)21-19-25(2)36-39-23-34-33(40-29-15-13-28(38-4)14-16-29)18-17-32(41-34)27-10-6-5-7-11-27/h5-7,10-11,13-18,22,32-34H,8-9,12,19-21,23H2,1-4H3/t32-,33-,34-/m0/s1. The quantitative estimate of drug-likeness (QED) is 0.156. The molecule has 0 amide bonds. The minimum atomic E-state index is -0.335. The number of anilines is 1. The summed E-state index contributed by atoms with van der Waals surface area (Å²) in [5.41, 5.74) is 6.90. The summed E-state index contributed by atoms with van der Waals surface area (Å²) < 4.78 is 18.0. The Hall–Kier alpha value is -3.84. The zero-order chi connectivity index (χ0) is 28.6. The van der Waals surface area contributed by atoms with Crippen LogP contribution < -0.4 is 14.4 Å². The largest absolute Gasteiger partial charge is 0.497 e. The number of fused-ring (bicyclic) bond motifs is 1. The molecule has 0 aliphatic carbocycles. The molecule has 41 heavy (non-hydrogen) atoms. The third-order valence-electron chi connectivity index (χ3n) is 7.78. The Morgan fingerprint density at radius 3 is 2.59 bits per heavy atom. The van der Waals surface area contributed by atoms with Crippen molar-refractivity contribution < 1.29 is 19.0 Å². The topological polar surface area (TPSA) is 65.4 Å². The first kappa shape index (κ1) is 28.7. The first-order valence-electron chi connectivity index (χ1n) is 14.6. The van der Waals surface area contributed by atoms with Gasteiger partial charge < -0.3 is 23.9 Å². The summed E-state index contributed by atoms with van der Waals surface area (Å²) in [6.45, 7) is 8.47. The number of benzene rings is 2. The van der Waals surface area contributed by atoms with Gasteiger partial charge in [0.15, 0.2) is 0 Å². The van der Waals surface area contributed by atoms with E-state index in [-0.39, 0.29) is 24.9 Å². The summed E-state index contributed by atoms with van der Waals surface area (Å²) >= 11 is 0. The SMILES string of the molecule is COc1ccc(O[C@H]2C=C[C@@H](c3ccccc3)O[C@H]2CON=C(C)CCN2CCCCc3nc(C)c(C)cc32)cc1. The predicted molar refractivity (Wildman–Crippen MR) is 163 cm³/mol. The van der Waals surface area contributed by atoms with Crippen LogP contribution in [0.25, 0.3) is 0 Å². The summed E-state index contributed by atoms with van der Waals surface area (Å²) in [6.07, 6.45) is 7.50. The van der Waals surface area contributed by atoms with Crippen LogP contribution in [0.3, 0.4) is 0 Å². The second-order valence-electron chi connectivity index (χ2n) is 10.8. The van der Waals surface area contributed by atoms with E-state index in [1.807, 2.05) is 55.5 Å². The Balaban J connectivity index is 1.22. The van der Waals surface area contributed by atoms with E-state index < -0.39 is 0 Å². The van der Waals surface area contributed by atoms with Crippen molar-refractivity contribution in [2.24, 2.45) is 5.16 Å². The average Bonchev–Trinajstić information content (AvgIpc) is 3.19. The van der Waals surface area contributed by atoms with E-state index in [0.29, 0.717) is 0 Å². The van der Waals surface area contributed by atoms with E-state index in [1.54, 1.807) is 7.11 Å². The van der Waals surface area contributed by atoms with E-state index in [4.69, 9.17) is 24.0 Å². The second kappa shape index (κ2) is 13.7. The molecule has 5 rings (SSSR count). The van der Waals surface area contributed by atoms with Gasteiger partial charge in [-0.15, -0.1) is 0 Å². The van der Waals surface area contributed by atoms with Crippen molar-refractivity contribution in [2.45, 2.75) is 64.8 Å². The first-order valence-corrected chi connectivity index (χ1v) is 14.6. The lowest BCUT2D eigenvalue weighted by Gasteiger charge is -2.32. The maximum Gasteiger partial charge on any atom is 0.147 e. The Morgan fingerprint density at radius 1 is 1.02 bits per heavy atom. The van der Waals surface area contributed by atoms with Crippen LogP contribution in [0.5, 0.6) is 11.5 Å². The van der Waals surface area contributed by atoms with E-state index in [1.165, 1.54) is 29.8 Å². The number of hydrogen-bond acceptors (Lipinski definition) is 7. The maximum absolute atomic E-state index is 6.47. The van der Waals surface area contributed by atoms with Crippen LogP contribution in [0.4, 0.5) is 5.69 Å². The van der Waals surface area contributed by atoms with Crippen LogP contribution in [-0.4, -0.2) is 49.7 Å². The number of pyridine rings is 1. The van der Waals surface area contributed by atoms with Crippen LogP contribution in [0, 0.1) is 13.8 Å². The first-order chi connectivity index (χ1) is 20.0. The van der Waals surface area contributed by atoms with Gasteiger partial charge in [-0.05, 0) is 87.6 Å². The highest BCUT2D eigenvalue weighted by atomic mass is 16.6. The van der Waals surface area contributed by atoms with Crippen LogP contribution >= 0.6 is 0 Å². The number of oxime groups is 1. The van der Waals surface area contributed by atoms with Gasteiger partial charge in [-0.25, -0.2) is 0 Å². The molecule has 3 atom stereocenters. The second-order valence-corrected chi connectivity index (χ2v) is 10.8. The molecule has 0 N–H and O–H groups in total. The Morgan fingerprint density at radius 2 is 1.80 bits per heavy atom. The van der Waals surface area contributed by atoms with Crippen molar-refractivity contribution in [3.05, 3.63) is 95.3 Å². The van der Waals surface area contributed by atoms with Gasteiger partial charge in [0.05, 0.1) is 24.2 Å². The van der Waals surface area contributed by atoms with Gasteiger partial charge in [-0.2, -0.15) is 0 Å². The van der Waals surface area contributed by atoms with E-state index in [0.717, 1.165) is 54.4 Å². The van der Waals surface area contributed by atoms with Crippen LogP contribution in [0.15, 0.2) is 78.0 Å². The molecular weight excluding hydrogens is 514 g/mol. The molecule has 7 nitrogen and oxygen atoms in total. The zero-order valence-electron chi connectivity index (χ0n) is 24.6. The normalized spacial score (nSPS) is 20.7.